The Morgan fingerprint density at radius 3 is 1.18 bits per heavy atom. The number of aliphatic hydroxyl groups excluding tert-OH is 3. The Morgan fingerprint density at radius 2 is 0.772 bits per heavy atom. The molecule has 0 spiro atoms. The molecule has 4 rings (SSSR count). The number of carboxylic acid groups (broad SMARTS) is 1. The first-order chi connectivity index (χ1) is 57.6. The molecule has 0 aliphatic carbocycles. The first kappa shape index (κ1) is 105. The molecular formula is C80H137N21O22. The van der Waals surface area contributed by atoms with Gasteiger partial charge < -0.3 is 127 Å². The second-order valence-corrected chi connectivity index (χ2v) is 34.4. The maximum atomic E-state index is 14.8. The van der Waals surface area contributed by atoms with E-state index < -0.39 is 271 Å². The third-order valence-corrected chi connectivity index (χ3v) is 22.4. The van der Waals surface area contributed by atoms with E-state index in [-0.39, 0.29) is 115 Å². The van der Waals surface area contributed by atoms with E-state index in [0.29, 0.717) is 12.8 Å². The lowest BCUT2D eigenvalue weighted by Gasteiger charge is -2.33. The Hall–Kier alpha value is -10.4. The Balaban J connectivity index is 1.45. The third-order valence-electron chi connectivity index (χ3n) is 22.4. The van der Waals surface area contributed by atoms with Crippen molar-refractivity contribution in [2.24, 2.45) is 69.4 Å². The number of nitrogens with zero attached hydrogens (tertiary/aromatic N) is 5. The topological polar surface area (TPSA) is 662 Å². The van der Waals surface area contributed by atoms with Crippen LogP contribution in [0.25, 0.3) is 0 Å². The van der Waals surface area contributed by atoms with Gasteiger partial charge in [0.2, 0.25) is 100 Å². The normalized spacial score (nSPS) is 19.9. The van der Waals surface area contributed by atoms with Crippen LogP contribution in [0.3, 0.4) is 0 Å². The number of carbonyl (C=O) groups is 18. The van der Waals surface area contributed by atoms with Crippen molar-refractivity contribution >= 4 is 112 Å². The van der Waals surface area contributed by atoms with Gasteiger partial charge in [-0.3, -0.25) is 86.5 Å². The number of guanidine groups is 1. The van der Waals surface area contributed by atoms with E-state index in [9.17, 15) is 107 Å². The number of hydrogen-bond acceptors (Lipinski definition) is 23. The van der Waals surface area contributed by atoms with Crippen molar-refractivity contribution in [2.45, 2.75) is 297 Å². The molecule has 18 atom stereocenters. The second-order valence-electron chi connectivity index (χ2n) is 34.4. The summed E-state index contributed by atoms with van der Waals surface area (Å²) in [5.74, 6) is -19.7. The van der Waals surface area contributed by atoms with Gasteiger partial charge in [-0.15, -0.1) is 0 Å². The Kier molecular flexibility index (Phi) is 42.4. The van der Waals surface area contributed by atoms with Crippen molar-refractivity contribution < 1.29 is 107 Å². The highest BCUT2D eigenvalue weighted by Gasteiger charge is 2.47. The number of hydrogen-bond donors (Lipinski definition) is 20. The van der Waals surface area contributed by atoms with Gasteiger partial charge in [0.25, 0.3) is 0 Å². The highest BCUT2D eigenvalue weighted by atomic mass is 16.4. The maximum Gasteiger partial charge on any atom is 0.326 e. The van der Waals surface area contributed by atoms with Gasteiger partial charge in [-0.1, -0.05) is 103 Å². The highest BCUT2D eigenvalue weighted by Crippen LogP contribution is 2.26. The number of amides is 17. The van der Waals surface area contributed by atoms with Gasteiger partial charge >= 0.3 is 5.97 Å². The van der Waals surface area contributed by atoms with E-state index in [0.717, 1.165) is 9.80 Å². The van der Waals surface area contributed by atoms with Crippen LogP contribution >= 0.6 is 0 Å². The molecule has 43 heteroatoms. The number of carbonyl (C=O) groups excluding carboxylic acids is 17. The van der Waals surface area contributed by atoms with E-state index >= 15 is 0 Å². The number of aliphatic imine (C=N–C) groups is 1. The Bertz CT molecular complexity index is 3750. The van der Waals surface area contributed by atoms with Crippen molar-refractivity contribution in [1.29, 1.82) is 0 Å². The van der Waals surface area contributed by atoms with Crippen LogP contribution < -0.4 is 86.7 Å². The summed E-state index contributed by atoms with van der Waals surface area (Å²) in [6.07, 6.45) is -0.00339. The fourth-order valence-electron chi connectivity index (χ4n) is 15.1. The molecule has 0 aromatic rings. The molecule has 0 bridgehead atoms. The molecule has 4 fully saturated rings. The van der Waals surface area contributed by atoms with Gasteiger partial charge in [0.05, 0.1) is 25.9 Å². The quantitative estimate of drug-likeness (QED) is 0.0153. The summed E-state index contributed by atoms with van der Waals surface area (Å²) in [6, 6.07) is -21.8. The van der Waals surface area contributed by atoms with Crippen LogP contribution in [0.5, 0.6) is 0 Å². The van der Waals surface area contributed by atoms with Gasteiger partial charge in [-0.25, -0.2) is 4.79 Å². The van der Waals surface area contributed by atoms with E-state index in [1.807, 2.05) is 0 Å². The summed E-state index contributed by atoms with van der Waals surface area (Å²) in [5, 5.41) is 72.2. The standard InChI is InChI=1S/C80H137N21O22/c1-16-44(14)62(96-72(115)60(42(10)11)94-69(112)57(39(4)5)91-65(108)47(22-17-29-85-80(83)84)87-64(107)46(81)36-102)74(117)88-48(27-28-55(82)105)76(119)100-32-19-24-52(100)67(110)90-50(37-103)78(121)101-33-20-25-53(101)68(111)92-58(40(6)7)70(113)93-59(41(8)9)71(114)95-61(43(12)13)73(116)97-63(45(15)104)75(118)89-49(34-38(2)3)77(120)99-31-18-23-51(99)66(109)86-35-56(106)98-30-21-26-54(98)79(122)123/h38-54,57-63,102-104H,16-37,81H2,1-15H3,(H2,82,105)(H,86,109)(H,87,107)(H,88,117)(H,89,118)(H,90,110)(H,91,108)(H,92,111)(H,93,113)(H,94,112)(H,95,114)(H,96,115)(H,97,116)(H,122,123)(H4,83,84,85)/t44-,45+,46-,47-,48-,49-,50-,51-,52-,53-,54-,57-,58-,59-,60-,61-,62-,63-/m0/s1. The first-order valence-electron chi connectivity index (χ1n) is 42.7. The molecule has 0 radical (unpaired) electrons. The zero-order valence-corrected chi connectivity index (χ0v) is 73.6. The van der Waals surface area contributed by atoms with Crippen LogP contribution in [0.15, 0.2) is 4.99 Å². The molecule has 0 saturated carbocycles. The van der Waals surface area contributed by atoms with Gasteiger partial charge in [0.15, 0.2) is 5.96 Å². The molecule has 4 aliphatic rings. The number of nitrogens with one attached hydrogen (secondary N) is 12. The van der Waals surface area contributed by atoms with Crippen LogP contribution in [0, 0.1) is 41.4 Å². The monoisotopic (exact) mass is 1740 g/mol. The lowest BCUT2D eigenvalue weighted by atomic mass is 9.95. The van der Waals surface area contributed by atoms with Crippen LogP contribution in [0.1, 0.15) is 194 Å². The number of primary amides is 1. The van der Waals surface area contributed by atoms with Gasteiger partial charge in [-0.05, 0) is 125 Å². The van der Waals surface area contributed by atoms with Crippen LogP contribution in [-0.4, -0.2) is 308 Å². The summed E-state index contributed by atoms with van der Waals surface area (Å²) in [4.78, 5) is 259. The SMILES string of the molecule is CC[C@H](C)[C@H](NC(=O)[C@@H](NC(=O)[C@@H](NC(=O)[C@H](CCCN=C(N)N)NC(=O)[C@@H](N)CO)C(C)C)C(C)C)C(=O)N[C@@H](CCC(N)=O)C(=O)N1CCC[C@H]1C(=O)N[C@@H](CO)C(=O)N1CCC[C@H]1C(=O)N[C@H](C(=O)N[C@H](C(=O)N[C@H](C(=O)N[C@H](C(=O)N[C@@H](CC(C)C)C(=O)N1CCC[C@H]1C(=O)NCC(=O)N1CCC[C@H]1C(=O)O)[C@@H](C)O)C(C)C)C(C)C)C(C)C. The van der Waals surface area contributed by atoms with Crippen LogP contribution in [0.4, 0.5) is 0 Å². The minimum absolute atomic E-state index is 0.0191. The molecule has 694 valence electrons. The number of aliphatic carboxylic acids is 1. The molecule has 24 N–H and O–H groups in total. The molecular weight excluding hydrogens is 1610 g/mol. The van der Waals surface area contributed by atoms with Crippen molar-refractivity contribution in [3.63, 3.8) is 0 Å². The van der Waals surface area contributed by atoms with E-state index in [1.54, 1.807) is 96.9 Å². The molecule has 0 aromatic heterocycles. The molecule has 123 heavy (non-hydrogen) atoms. The van der Waals surface area contributed by atoms with Crippen molar-refractivity contribution in [3.8, 4) is 0 Å². The molecule has 4 heterocycles. The molecule has 43 nitrogen and oxygen atoms in total. The van der Waals surface area contributed by atoms with Crippen LogP contribution in [0.2, 0.25) is 0 Å². The summed E-state index contributed by atoms with van der Waals surface area (Å²) in [7, 11) is 0. The summed E-state index contributed by atoms with van der Waals surface area (Å²) in [5.41, 5.74) is 22.1. The molecule has 0 unspecified atom stereocenters. The summed E-state index contributed by atoms with van der Waals surface area (Å²) < 4.78 is 0. The van der Waals surface area contributed by atoms with Gasteiger partial charge in [-0.2, -0.15) is 0 Å². The highest BCUT2D eigenvalue weighted by molar-refractivity contribution is 6.02. The second kappa shape index (κ2) is 49.8. The number of aliphatic hydroxyl groups is 3. The van der Waals surface area contributed by atoms with E-state index in [1.165, 1.54) is 16.7 Å². The minimum atomic E-state index is -1.71. The fourth-order valence-corrected chi connectivity index (χ4v) is 15.1. The Labute approximate surface area is 718 Å². The predicted molar refractivity (Wildman–Crippen MR) is 446 cm³/mol. The smallest absolute Gasteiger partial charge is 0.326 e. The maximum absolute atomic E-state index is 14.8. The summed E-state index contributed by atoms with van der Waals surface area (Å²) >= 11 is 0. The Morgan fingerprint density at radius 1 is 0.407 bits per heavy atom. The molecule has 0 aromatic carbocycles. The van der Waals surface area contributed by atoms with Gasteiger partial charge in [0, 0.05) is 39.1 Å². The summed E-state index contributed by atoms with van der Waals surface area (Å²) in [6.45, 7) is 22.2. The zero-order chi connectivity index (χ0) is 92.9. The van der Waals surface area contributed by atoms with Crippen molar-refractivity contribution in [3.05, 3.63) is 0 Å². The minimum Gasteiger partial charge on any atom is -0.480 e. The average Bonchev–Trinajstić information content (AvgIpc) is 1.68. The largest absolute Gasteiger partial charge is 0.480 e. The molecule has 4 aliphatic heterocycles. The molecule has 4 saturated heterocycles. The average molecular weight is 1750 g/mol. The number of carboxylic acids is 1. The zero-order valence-electron chi connectivity index (χ0n) is 73.6. The molecule has 17 amide bonds. The predicted octanol–water partition coefficient (Wildman–Crippen LogP) is -6.13. The third kappa shape index (κ3) is 30.8. The van der Waals surface area contributed by atoms with Gasteiger partial charge in [0.1, 0.15) is 96.7 Å². The number of nitrogens with two attached hydrogens (primary N) is 4. The number of likely N-dealkylation sites (tertiary alicyclic amines) is 4. The number of rotatable bonds is 48. The van der Waals surface area contributed by atoms with E-state index in [4.69, 9.17) is 22.9 Å². The van der Waals surface area contributed by atoms with Crippen LogP contribution in [-0.2, 0) is 86.3 Å². The fraction of sp³-hybridized carbons (Fsp3) is 0.762. The lowest BCUT2D eigenvalue weighted by Crippen LogP contribution is -2.63. The van der Waals surface area contributed by atoms with Crippen molar-refractivity contribution in [2.75, 3.05) is 52.5 Å². The van der Waals surface area contributed by atoms with Crippen molar-refractivity contribution in [1.82, 2.24) is 83.4 Å². The van der Waals surface area contributed by atoms with E-state index in [2.05, 4.69) is 68.8 Å². The first-order valence-corrected chi connectivity index (χ1v) is 42.7. The lowest BCUT2D eigenvalue weighted by molar-refractivity contribution is -0.148.